The predicted octanol–water partition coefficient (Wildman–Crippen LogP) is 1.70. The quantitative estimate of drug-likeness (QED) is 0.832. The number of rotatable bonds is 6. The highest BCUT2D eigenvalue weighted by molar-refractivity contribution is 5.78. The Bertz CT molecular complexity index is 426. The summed E-state index contributed by atoms with van der Waals surface area (Å²) in [6.45, 7) is 6.37. The molecule has 0 aliphatic rings. The predicted molar refractivity (Wildman–Crippen MR) is 83.4 cm³/mol. The summed E-state index contributed by atoms with van der Waals surface area (Å²) in [5.74, 6) is -0.158. The van der Waals surface area contributed by atoms with Crippen LogP contribution in [0.4, 0.5) is 0 Å². The second-order valence-corrected chi connectivity index (χ2v) is 5.78. The highest BCUT2D eigenvalue weighted by Gasteiger charge is 2.20. The maximum absolute atomic E-state index is 12.0. The first-order valence-corrected chi connectivity index (χ1v) is 7.09. The van der Waals surface area contributed by atoms with Gasteiger partial charge in [0.1, 0.15) is 0 Å². The van der Waals surface area contributed by atoms with Crippen LogP contribution >= 0.6 is 0 Å². The summed E-state index contributed by atoms with van der Waals surface area (Å²) >= 11 is 0. The molecule has 4 heteroatoms. The number of nitrogens with zero attached hydrogens (tertiary/aromatic N) is 1. The lowest BCUT2D eigenvalue weighted by Crippen LogP contribution is -2.41. The van der Waals surface area contributed by atoms with Gasteiger partial charge in [0.2, 0.25) is 5.91 Å². The Morgan fingerprint density at radius 1 is 1.25 bits per heavy atom. The first kappa shape index (κ1) is 16.7. The molecule has 1 amide bonds. The van der Waals surface area contributed by atoms with Crippen molar-refractivity contribution in [1.29, 1.82) is 0 Å². The number of amides is 1. The molecule has 0 saturated carbocycles. The number of hydrogen-bond acceptors (Lipinski definition) is 3. The molecule has 0 fully saturated rings. The molecule has 3 atom stereocenters. The van der Waals surface area contributed by atoms with Crippen LogP contribution in [0.3, 0.4) is 0 Å². The van der Waals surface area contributed by atoms with Crippen LogP contribution < -0.4 is 11.1 Å². The number of nitrogens with two attached hydrogens (primary N) is 1. The average molecular weight is 277 g/mol. The van der Waals surface area contributed by atoms with E-state index in [0.29, 0.717) is 6.54 Å². The zero-order valence-electron chi connectivity index (χ0n) is 13.2. The van der Waals surface area contributed by atoms with E-state index in [1.165, 1.54) is 11.1 Å². The molecule has 1 rings (SSSR count). The fourth-order valence-electron chi connectivity index (χ4n) is 1.98. The number of benzene rings is 1. The van der Waals surface area contributed by atoms with Crippen LogP contribution in [-0.2, 0) is 4.79 Å². The van der Waals surface area contributed by atoms with Gasteiger partial charge < -0.3 is 16.0 Å². The van der Waals surface area contributed by atoms with E-state index in [-0.39, 0.29) is 23.9 Å². The van der Waals surface area contributed by atoms with Crippen LogP contribution in [0.25, 0.3) is 0 Å². The highest BCUT2D eigenvalue weighted by atomic mass is 16.1. The van der Waals surface area contributed by atoms with Crippen molar-refractivity contribution in [3.63, 3.8) is 0 Å². The summed E-state index contributed by atoms with van der Waals surface area (Å²) < 4.78 is 0. The van der Waals surface area contributed by atoms with E-state index < -0.39 is 0 Å². The molecule has 0 aliphatic heterocycles. The number of aryl methyl sites for hydroxylation is 1. The Morgan fingerprint density at radius 3 is 2.25 bits per heavy atom. The van der Waals surface area contributed by atoms with Crippen LogP contribution in [0.5, 0.6) is 0 Å². The van der Waals surface area contributed by atoms with Gasteiger partial charge in [-0.3, -0.25) is 4.79 Å². The van der Waals surface area contributed by atoms with Crippen molar-refractivity contribution in [1.82, 2.24) is 10.2 Å². The van der Waals surface area contributed by atoms with Gasteiger partial charge in [-0.2, -0.15) is 0 Å². The first-order chi connectivity index (χ1) is 9.32. The molecule has 0 heterocycles. The van der Waals surface area contributed by atoms with E-state index in [0.717, 1.165) is 0 Å². The van der Waals surface area contributed by atoms with Crippen LogP contribution in [0.2, 0.25) is 0 Å². The Labute approximate surface area is 122 Å². The minimum atomic E-state index is -0.171. The monoisotopic (exact) mass is 277 g/mol. The smallest absolute Gasteiger partial charge is 0.224 e. The van der Waals surface area contributed by atoms with Crippen LogP contribution in [-0.4, -0.2) is 37.5 Å². The summed E-state index contributed by atoms with van der Waals surface area (Å²) in [6, 6.07) is 8.45. The van der Waals surface area contributed by atoms with Gasteiger partial charge in [0.05, 0.1) is 6.04 Å². The molecule has 0 aromatic heterocycles. The summed E-state index contributed by atoms with van der Waals surface area (Å²) in [6.07, 6.45) is 0. The van der Waals surface area contributed by atoms with Crippen molar-refractivity contribution in [2.45, 2.75) is 32.9 Å². The minimum absolute atomic E-state index is 0.0129. The molecule has 0 spiro atoms. The molecule has 0 radical (unpaired) electrons. The molecule has 1 aromatic rings. The van der Waals surface area contributed by atoms with E-state index in [2.05, 4.69) is 41.4 Å². The molecular weight excluding hydrogens is 250 g/mol. The molecule has 20 heavy (non-hydrogen) atoms. The Kier molecular flexibility index (Phi) is 6.17. The van der Waals surface area contributed by atoms with Crippen molar-refractivity contribution >= 4 is 5.91 Å². The molecule has 3 N–H and O–H groups in total. The van der Waals surface area contributed by atoms with Crippen molar-refractivity contribution in [2.24, 2.45) is 11.7 Å². The largest absolute Gasteiger partial charge is 0.354 e. The van der Waals surface area contributed by atoms with Crippen molar-refractivity contribution < 1.29 is 4.79 Å². The maximum Gasteiger partial charge on any atom is 0.224 e. The highest BCUT2D eigenvalue weighted by Crippen LogP contribution is 2.18. The van der Waals surface area contributed by atoms with Crippen molar-refractivity contribution in [2.75, 3.05) is 20.6 Å². The van der Waals surface area contributed by atoms with Gasteiger partial charge in [0.15, 0.2) is 0 Å². The topological polar surface area (TPSA) is 58.4 Å². The number of carbonyl (C=O) groups excluding carboxylic acids is 1. The molecule has 1 aromatic carbocycles. The second kappa shape index (κ2) is 7.41. The molecule has 0 saturated heterocycles. The normalized spacial score (nSPS) is 15.8. The standard InChI is InChI=1S/C16H27N3O/c1-11-6-8-14(9-7-11)15(19(4)5)10-18-16(20)12(2)13(3)17/h6-9,12-13,15H,10,17H2,1-5H3,(H,18,20). The maximum atomic E-state index is 12.0. The minimum Gasteiger partial charge on any atom is -0.354 e. The summed E-state index contributed by atoms with van der Waals surface area (Å²) in [4.78, 5) is 14.1. The van der Waals surface area contributed by atoms with E-state index in [1.54, 1.807) is 0 Å². The van der Waals surface area contributed by atoms with Gasteiger partial charge in [0.25, 0.3) is 0 Å². The van der Waals surface area contributed by atoms with E-state index in [1.807, 2.05) is 27.9 Å². The number of carbonyl (C=O) groups is 1. The van der Waals surface area contributed by atoms with Gasteiger partial charge in [0, 0.05) is 18.5 Å². The third-order valence-corrected chi connectivity index (χ3v) is 3.76. The van der Waals surface area contributed by atoms with E-state index in [9.17, 15) is 4.79 Å². The van der Waals surface area contributed by atoms with Gasteiger partial charge >= 0.3 is 0 Å². The Hall–Kier alpha value is -1.39. The number of hydrogen-bond donors (Lipinski definition) is 2. The van der Waals surface area contributed by atoms with E-state index in [4.69, 9.17) is 5.73 Å². The summed E-state index contributed by atoms with van der Waals surface area (Å²) in [5, 5.41) is 3.00. The molecular formula is C16H27N3O. The molecule has 0 bridgehead atoms. The SMILES string of the molecule is Cc1ccc(C(CNC(=O)C(C)C(C)N)N(C)C)cc1. The van der Waals surface area contributed by atoms with Crippen molar-refractivity contribution in [3.8, 4) is 0 Å². The molecule has 0 aliphatic carbocycles. The first-order valence-electron chi connectivity index (χ1n) is 7.09. The zero-order valence-corrected chi connectivity index (χ0v) is 13.2. The van der Waals surface area contributed by atoms with Gasteiger partial charge in [-0.1, -0.05) is 36.8 Å². The lowest BCUT2D eigenvalue weighted by atomic mass is 10.0. The van der Waals surface area contributed by atoms with E-state index >= 15 is 0 Å². The summed E-state index contributed by atoms with van der Waals surface area (Å²) in [5.41, 5.74) is 8.20. The van der Waals surface area contributed by atoms with Gasteiger partial charge in [-0.25, -0.2) is 0 Å². The third-order valence-electron chi connectivity index (χ3n) is 3.76. The van der Waals surface area contributed by atoms with Crippen LogP contribution in [0.1, 0.15) is 31.0 Å². The van der Waals surface area contributed by atoms with Crippen LogP contribution in [0.15, 0.2) is 24.3 Å². The lowest BCUT2D eigenvalue weighted by molar-refractivity contribution is -0.125. The zero-order chi connectivity index (χ0) is 15.3. The Balaban J connectivity index is 2.69. The summed E-state index contributed by atoms with van der Waals surface area (Å²) in [7, 11) is 4.04. The fraction of sp³-hybridized carbons (Fsp3) is 0.562. The molecule has 4 nitrogen and oxygen atoms in total. The Morgan fingerprint density at radius 2 is 1.80 bits per heavy atom. The molecule has 112 valence electrons. The number of nitrogens with one attached hydrogen (secondary N) is 1. The van der Waals surface area contributed by atoms with Gasteiger partial charge in [-0.15, -0.1) is 0 Å². The number of likely N-dealkylation sites (N-methyl/N-ethyl adjacent to an activating group) is 1. The second-order valence-electron chi connectivity index (χ2n) is 5.78. The van der Waals surface area contributed by atoms with Gasteiger partial charge in [-0.05, 0) is 33.5 Å². The lowest BCUT2D eigenvalue weighted by Gasteiger charge is -2.26. The fourth-order valence-corrected chi connectivity index (χ4v) is 1.98. The molecule has 3 unspecified atom stereocenters. The van der Waals surface area contributed by atoms with Crippen LogP contribution in [0, 0.1) is 12.8 Å². The third kappa shape index (κ3) is 4.62. The average Bonchev–Trinajstić information content (AvgIpc) is 2.39. The van der Waals surface area contributed by atoms with Crippen molar-refractivity contribution in [3.05, 3.63) is 35.4 Å².